The molecule has 4 nitrogen and oxygen atoms in total. The molecule has 1 amide bonds. The zero-order valence-corrected chi connectivity index (χ0v) is 13.0. The lowest BCUT2D eigenvalue weighted by Gasteiger charge is -2.10. The van der Waals surface area contributed by atoms with Gasteiger partial charge in [-0.3, -0.25) is 4.79 Å². The summed E-state index contributed by atoms with van der Waals surface area (Å²) in [6.45, 7) is 6.15. The molecule has 1 atom stereocenters. The maximum absolute atomic E-state index is 11.7. The first-order valence-corrected chi connectivity index (χ1v) is 8.05. The quantitative estimate of drug-likeness (QED) is 0.890. The van der Waals surface area contributed by atoms with Crippen LogP contribution in [0.3, 0.4) is 0 Å². The van der Waals surface area contributed by atoms with Crippen molar-refractivity contribution in [3.05, 3.63) is 35.8 Å². The molecule has 0 spiro atoms. The summed E-state index contributed by atoms with van der Waals surface area (Å²) in [5.74, 6) is 1.34. The number of fused-ring (bicyclic) bond motifs is 1. The maximum Gasteiger partial charge on any atom is 0.230 e. The number of pyridine rings is 1. The molecule has 2 aromatic rings. The van der Waals surface area contributed by atoms with E-state index in [-0.39, 0.29) is 11.9 Å². The molecule has 0 aliphatic carbocycles. The minimum Gasteiger partial charge on any atom is -0.353 e. The zero-order valence-electron chi connectivity index (χ0n) is 12.2. The Balaban J connectivity index is 1.85. The van der Waals surface area contributed by atoms with Crippen LogP contribution in [0.4, 0.5) is 0 Å². The summed E-state index contributed by atoms with van der Waals surface area (Å²) in [5, 5.41) is 2.96. The average molecular weight is 291 g/mol. The van der Waals surface area contributed by atoms with Gasteiger partial charge < -0.3 is 9.72 Å². The van der Waals surface area contributed by atoms with Crippen LogP contribution in [0.25, 0.3) is 5.65 Å². The molecule has 0 fully saturated rings. The second-order valence-electron chi connectivity index (χ2n) is 5.07. The van der Waals surface area contributed by atoms with Crippen molar-refractivity contribution in [3.8, 4) is 0 Å². The molecular formula is C15H21N3OS. The molecule has 0 saturated carbocycles. The van der Waals surface area contributed by atoms with E-state index in [4.69, 9.17) is 0 Å². The number of rotatable bonds is 6. The van der Waals surface area contributed by atoms with Gasteiger partial charge in [0, 0.05) is 24.2 Å². The highest BCUT2D eigenvalue weighted by atomic mass is 32.2. The third-order valence-electron chi connectivity index (χ3n) is 3.15. The molecule has 20 heavy (non-hydrogen) atoms. The molecule has 1 unspecified atom stereocenters. The number of hydrogen-bond donors (Lipinski definition) is 1. The van der Waals surface area contributed by atoms with Crippen LogP contribution in [0.15, 0.2) is 24.5 Å². The topological polar surface area (TPSA) is 46.4 Å². The molecule has 0 aliphatic heterocycles. The highest BCUT2D eigenvalue weighted by molar-refractivity contribution is 7.99. The summed E-state index contributed by atoms with van der Waals surface area (Å²) in [5.41, 5.74) is 3.18. The Kier molecular flexibility index (Phi) is 5.06. The first-order valence-electron chi connectivity index (χ1n) is 6.90. The van der Waals surface area contributed by atoms with Crippen LogP contribution in [-0.2, 0) is 10.5 Å². The number of nitrogens with zero attached hydrogens (tertiary/aromatic N) is 2. The number of imidazole rings is 1. The number of carbonyl (C=O) groups is 1. The van der Waals surface area contributed by atoms with Crippen LogP contribution >= 0.6 is 11.8 Å². The number of aromatic nitrogens is 2. The third-order valence-corrected chi connectivity index (χ3v) is 4.12. The van der Waals surface area contributed by atoms with Crippen molar-refractivity contribution in [3.63, 3.8) is 0 Å². The number of hydrogen-bond acceptors (Lipinski definition) is 3. The van der Waals surface area contributed by atoms with E-state index in [9.17, 15) is 4.79 Å². The molecule has 108 valence electrons. The minimum atomic E-state index is 0.101. The summed E-state index contributed by atoms with van der Waals surface area (Å²) in [4.78, 5) is 16.2. The van der Waals surface area contributed by atoms with Crippen LogP contribution in [0.2, 0.25) is 0 Å². The molecule has 0 aliphatic rings. The number of aryl methyl sites for hydroxylation is 1. The van der Waals surface area contributed by atoms with Gasteiger partial charge in [-0.2, -0.15) is 0 Å². The molecule has 0 bridgehead atoms. The molecule has 1 N–H and O–H groups in total. The largest absolute Gasteiger partial charge is 0.353 e. The van der Waals surface area contributed by atoms with E-state index in [1.807, 2.05) is 23.6 Å². The van der Waals surface area contributed by atoms with E-state index in [1.54, 1.807) is 11.8 Å². The summed E-state index contributed by atoms with van der Waals surface area (Å²) < 4.78 is 2.03. The third kappa shape index (κ3) is 4.00. The fourth-order valence-electron chi connectivity index (χ4n) is 1.89. The van der Waals surface area contributed by atoms with Gasteiger partial charge in [0.15, 0.2) is 0 Å². The molecule has 2 heterocycles. The summed E-state index contributed by atoms with van der Waals surface area (Å²) in [6, 6.07) is 4.32. The Labute approximate surface area is 124 Å². The lowest BCUT2D eigenvalue weighted by atomic mass is 10.3. The number of amides is 1. The van der Waals surface area contributed by atoms with Gasteiger partial charge in [-0.25, -0.2) is 4.98 Å². The lowest BCUT2D eigenvalue weighted by molar-refractivity contribution is -0.119. The highest BCUT2D eigenvalue weighted by Crippen LogP contribution is 2.13. The predicted octanol–water partition coefficient (Wildman–Crippen LogP) is 2.79. The molecule has 0 radical (unpaired) electrons. The standard InChI is InChI=1S/C15H21N3OS/c1-4-12(3)16-15(19)10-20-9-13-8-18-7-11(2)5-6-14(18)17-13/h5-8,12H,4,9-10H2,1-3H3,(H,16,19). The Hall–Kier alpha value is -1.49. The van der Waals surface area contributed by atoms with Crippen LogP contribution in [-0.4, -0.2) is 27.1 Å². The zero-order chi connectivity index (χ0) is 14.5. The number of nitrogens with one attached hydrogen (secondary N) is 1. The molecule has 5 heteroatoms. The van der Waals surface area contributed by atoms with E-state index >= 15 is 0 Å². The molecule has 0 aromatic carbocycles. The normalized spacial score (nSPS) is 12.6. The van der Waals surface area contributed by atoms with Crippen LogP contribution in [0.1, 0.15) is 31.5 Å². The lowest BCUT2D eigenvalue weighted by Crippen LogP contribution is -2.33. The second-order valence-corrected chi connectivity index (χ2v) is 6.06. The fraction of sp³-hybridized carbons (Fsp3) is 0.467. The van der Waals surface area contributed by atoms with Crippen molar-refractivity contribution in [1.29, 1.82) is 0 Å². The first-order chi connectivity index (χ1) is 9.58. The van der Waals surface area contributed by atoms with Gasteiger partial charge in [-0.05, 0) is 31.9 Å². The summed E-state index contributed by atoms with van der Waals surface area (Å²) in [7, 11) is 0. The first kappa shape index (κ1) is 14.9. The van der Waals surface area contributed by atoms with Gasteiger partial charge in [0.1, 0.15) is 5.65 Å². The van der Waals surface area contributed by atoms with Gasteiger partial charge in [0.25, 0.3) is 0 Å². The van der Waals surface area contributed by atoms with Crippen molar-refractivity contribution >= 4 is 23.3 Å². The number of thioether (sulfide) groups is 1. The van der Waals surface area contributed by atoms with Crippen LogP contribution < -0.4 is 5.32 Å². The Morgan fingerprint density at radius 3 is 3.00 bits per heavy atom. The summed E-state index contributed by atoms with van der Waals surface area (Å²) >= 11 is 1.60. The van der Waals surface area contributed by atoms with Crippen molar-refractivity contribution in [2.75, 3.05) is 5.75 Å². The Morgan fingerprint density at radius 2 is 2.25 bits per heavy atom. The SMILES string of the molecule is CCC(C)NC(=O)CSCc1cn2cc(C)ccc2n1. The molecule has 2 rings (SSSR count). The monoisotopic (exact) mass is 291 g/mol. The van der Waals surface area contributed by atoms with E-state index in [2.05, 4.69) is 36.4 Å². The smallest absolute Gasteiger partial charge is 0.230 e. The van der Waals surface area contributed by atoms with Crippen molar-refractivity contribution in [2.45, 2.75) is 39.0 Å². The van der Waals surface area contributed by atoms with E-state index in [0.29, 0.717) is 5.75 Å². The fourth-order valence-corrected chi connectivity index (χ4v) is 2.61. The molecular weight excluding hydrogens is 270 g/mol. The van der Waals surface area contributed by atoms with E-state index in [0.717, 1.165) is 23.5 Å². The van der Waals surface area contributed by atoms with Crippen LogP contribution in [0.5, 0.6) is 0 Å². The van der Waals surface area contributed by atoms with Gasteiger partial charge in [0.05, 0.1) is 11.4 Å². The second kappa shape index (κ2) is 6.79. The Bertz CT molecular complexity index is 594. The van der Waals surface area contributed by atoms with Gasteiger partial charge >= 0.3 is 0 Å². The van der Waals surface area contributed by atoms with E-state index < -0.39 is 0 Å². The summed E-state index contributed by atoms with van der Waals surface area (Å²) in [6.07, 6.45) is 5.05. The number of carbonyl (C=O) groups excluding carboxylic acids is 1. The Morgan fingerprint density at radius 1 is 1.45 bits per heavy atom. The van der Waals surface area contributed by atoms with Gasteiger partial charge in [-0.1, -0.05) is 13.0 Å². The van der Waals surface area contributed by atoms with Crippen molar-refractivity contribution in [2.24, 2.45) is 0 Å². The highest BCUT2D eigenvalue weighted by Gasteiger charge is 2.07. The predicted molar refractivity (Wildman–Crippen MR) is 84.0 cm³/mol. The minimum absolute atomic E-state index is 0.101. The van der Waals surface area contributed by atoms with Crippen molar-refractivity contribution in [1.82, 2.24) is 14.7 Å². The molecule has 0 saturated heterocycles. The maximum atomic E-state index is 11.7. The van der Waals surface area contributed by atoms with E-state index in [1.165, 1.54) is 5.56 Å². The van der Waals surface area contributed by atoms with Gasteiger partial charge in [-0.15, -0.1) is 11.8 Å². The van der Waals surface area contributed by atoms with Gasteiger partial charge in [0.2, 0.25) is 5.91 Å². The molecule has 2 aromatic heterocycles. The van der Waals surface area contributed by atoms with Crippen molar-refractivity contribution < 1.29 is 4.79 Å². The average Bonchev–Trinajstić information content (AvgIpc) is 2.80. The van der Waals surface area contributed by atoms with Crippen LogP contribution in [0, 0.1) is 6.92 Å².